The highest BCUT2D eigenvalue weighted by Gasteiger charge is 2.04. The molecule has 0 rings (SSSR count). The molecular formula is C8H18N4O2. The van der Waals surface area contributed by atoms with Crippen molar-refractivity contribution >= 4 is 11.9 Å². The van der Waals surface area contributed by atoms with Gasteiger partial charge in [0.15, 0.2) is 0 Å². The van der Waals surface area contributed by atoms with E-state index in [2.05, 4.69) is 10.6 Å². The summed E-state index contributed by atoms with van der Waals surface area (Å²) in [5, 5.41) is 5.31. The van der Waals surface area contributed by atoms with E-state index >= 15 is 0 Å². The molecule has 14 heavy (non-hydrogen) atoms. The molecule has 0 fully saturated rings. The van der Waals surface area contributed by atoms with E-state index in [0.717, 1.165) is 0 Å². The number of urea groups is 1. The lowest BCUT2D eigenvalue weighted by Crippen LogP contribution is -2.39. The number of carbonyl (C=O) groups excluding carboxylic acids is 2. The molecule has 0 saturated carbocycles. The Morgan fingerprint density at radius 3 is 2.50 bits per heavy atom. The second-order valence-corrected chi connectivity index (χ2v) is 2.88. The summed E-state index contributed by atoms with van der Waals surface area (Å²) < 4.78 is 0. The number of likely N-dealkylation sites (N-methyl/N-ethyl adjacent to an activating group) is 1. The van der Waals surface area contributed by atoms with Crippen molar-refractivity contribution < 1.29 is 9.59 Å². The highest BCUT2D eigenvalue weighted by atomic mass is 16.2. The van der Waals surface area contributed by atoms with Crippen LogP contribution in [0.15, 0.2) is 0 Å². The van der Waals surface area contributed by atoms with E-state index in [4.69, 9.17) is 5.73 Å². The maximum absolute atomic E-state index is 11.2. The van der Waals surface area contributed by atoms with Crippen molar-refractivity contribution in [1.82, 2.24) is 15.5 Å². The molecule has 6 heteroatoms. The summed E-state index contributed by atoms with van der Waals surface area (Å²) in [4.78, 5) is 23.1. The average Bonchev–Trinajstić information content (AvgIpc) is 2.15. The molecule has 4 N–H and O–H groups in total. The summed E-state index contributed by atoms with van der Waals surface area (Å²) in [6.45, 7) is 3.85. The van der Waals surface area contributed by atoms with Gasteiger partial charge < -0.3 is 21.3 Å². The molecule has 0 heterocycles. The maximum atomic E-state index is 11.2. The van der Waals surface area contributed by atoms with Gasteiger partial charge >= 0.3 is 6.03 Å². The molecule has 0 aliphatic rings. The van der Waals surface area contributed by atoms with Crippen LogP contribution in [0.3, 0.4) is 0 Å². The first kappa shape index (κ1) is 12.7. The Bertz CT molecular complexity index is 196. The fourth-order valence-corrected chi connectivity index (χ4v) is 0.781. The first-order chi connectivity index (χ1) is 6.57. The van der Waals surface area contributed by atoms with Gasteiger partial charge in [-0.2, -0.15) is 0 Å². The molecule has 0 spiro atoms. The van der Waals surface area contributed by atoms with Crippen molar-refractivity contribution in [2.75, 3.05) is 33.2 Å². The van der Waals surface area contributed by atoms with E-state index < -0.39 is 6.03 Å². The summed E-state index contributed by atoms with van der Waals surface area (Å²) in [6, 6.07) is -0.552. The lowest BCUT2D eigenvalue weighted by atomic mass is 10.5. The van der Waals surface area contributed by atoms with E-state index in [1.165, 1.54) is 0 Å². The predicted octanol–water partition coefficient (Wildman–Crippen LogP) is -1.28. The molecule has 0 aromatic rings. The lowest BCUT2D eigenvalue weighted by Gasteiger charge is -2.14. The second kappa shape index (κ2) is 7.14. The zero-order valence-electron chi connectivity index (χ0n) is 8.67. The standard InChI is InChI=1S/C8H18N4O2/c1-3-12(2)7(13)6-10-4-5-11-8(9)14/h10H,3-6H2,1-2H3,(H3,9,11,14). The van der Waals surface area contributed by atoms with Crippen molar-refractivity contribution in [2.24, 2.45) is 5.73 Å². The van der Waals surface area contributed by atoms with Gasteiger partial charge in [-0.05, 0) is 6.92 Å². The van der Waals surface area contributed by atoms with Crippen LogP contribution in [0.25, 0.3) is 0 Å². The zero-order valence-corrected chi connectivity index (χ0v) is 8.67. The molecule has 3 amide bonds. The Morgan fingerprint density at radius 2 is 2.00 bits per heavy atom. The van der Waals surface area contributed by atoms with E-state index in [-0.39, 0.29) is 12.5 Å². The molecule has 0 atom stereocenters. The van der Waals surface area contributed by atoms with E-state index in [9.17, 15) is 9.59 Å². The lowest BCUT2D eigenvalue weighted by molar-refractivity contribution is -0.128. The second-order valence-electron chi connectivity index (χ2n) is 2.88. The molecule has 0 aliphatic heterocycles. The predicted molar refractivity (Wildman–Crippen MR) is 53.8 cm³/mol. The fourth-order valence-electron chi connectivity index (χ4n) is 0.781. The van der Waals surface area contributed by atoms with Crippen molar-refractivity contribution in [3.8, 4) is 0 Å². The van der Waals surface area contributed by atoms with Crippen molar-refractivity contribution in [3.05, 3.63) is 0 Å². The summed E-state index contributed by atoms with van der Waals surface area (Å²) >= 11 is 0. The minimum atomic E-state index is -0.552. The molecule has 0 saturated heterocycles. The summed E-state index contributed by atoms with van der Waals surface area (Å²) in [5.74, 6) is 0.0339. The van der Waals surface area contributed by atoms with Gasteiger partial charge in [-0.15, -0.1) is 0 Å². The Balaban J connectivity index is 3.36. The number of hydrogen-bond donors (Lipinski definition) is 3. The number of primary amides is 1. The summed E-state index contributed by atoms with van der Waals surface area (Å²) in [5.41, 5.74) is 4.85. The molecular weight excluding hydrogens is 184 g/mol. The van der Waals surface area contributed by atoms with E-state index in [1.54, 1.807) is 11.9 Å². The molecule has 0 bridgehead atoms. The van der Waals surface area contributed by atoms with E-state index in [0.29, 0.717) is 19.6 Å². The number of amides is 3. The largest absolute Gasteiger partial charge is 0.352 e. The van der Waals surface area contributed by atoms with Crippen LogP contribution in [0.1, 0.15) is 6.92 Å². The first-order valence-electron chi connectivity index (χ1n) is 4.56. The molecule has 6 nitrogen and oxygen atoms in total. The van der Waals surface area contributed by atoms with Crippen LogP contribution < -0.4 is 16.4 Å². The quantitative estimate of drug-likeness (QED) is 0.469. The van der Waals surface area contributed by atoms with Gasteiger partial charge in [0.25, 0.3) is 0 Å². The first-order valence-corrected chi connectivity index (χ1v) is 4.56. The minimum absolute atomic E-state index is 0.0339. The van der Waals surface area contributed by atoms with Crippen LogP contribution in [0.2, 0.25) is 0 Å². The minimum Gasteiger partial charge on any atom is -0.352 e. The molecule has 0 aliphatic carbocycles. The van der Waals surface area contributed by atoms with Gasteiger partial charge in [-0.25, -0.2) is 4.79 Å². The van der Waals surface area contributed by atoms with Crippen LogP contribution in [0.4, 0.5) is 4.79 Å². The topological polar surface area (TPSA) is 87.5 Å². The molecule has 0 unspecified atom stereocenters. The number of carbonyl (C=O) groups is 2. The van der Waals surface area contributed by atoms with Gasteiger partial charge in [0, 0.05) is 26.7 Å². The van der Waals surface area contributed by atoms with Crippen LogP contribution in [-0.4, -0.2) is 50.1 Å². The number of nitrogens with one attached hydrogen (secondary N) is 2. The monoisotopic (exact) mass is 202 g/mol. The third-order valence-electron chi connectivity index (χ3n) is 1.78. The van der Waals surface area contributed by atoms with Crippen molar-refractivity contribution in [2.45, 2.75) is 6.92 Å². The molecule has 0 aromatic carbocycles. The third-order valence-corrected chi connectivity index (χ3v) is 1.78. The number of rotatable bonds is 6. The Kier molecular flexibility index (Phi) is 6.47. The maximum Gasteiger partial charge on any atom is 0.312 e. The van der Waals surface area contributed by atoms with Crippen LogP contribution in [-0.2, 0) is 4.79 Å². The van der Waals surface area contributed by atoms with Crippen molar-refractivity contribution in [1.29, 1.82) is 0 Å². The van der Waals surface area contributed by atoms with Crippen molar-refractivity contribution in [3.63, 3.8) is 0 Å². The number of nitrogens with two attached hydrogens (primary N) is 1. The van der Waals surface area contributed by atoms with Crippen LogP contribution >= 0.6 is 0 Å². The van der Waals surface area contributed by atoms with E-state index in [1.807, 2.05) is 6.92 Å². The smallest absolute Gasteiger partial charge is 0.312 e. The number of hydrogen-bond acceptors (Lipinski definition) is 3. The Labute approximate surface area is 83.8 Å². The zero-order chi connectivity index (χ0) is 11.0. The van der Waals surface area contributed by atoms with Gasteiger partial charge in [0.1, 0.15) is 0 Å². The summed E-state index contributed by atoms with van der Waals surface area (Å²) in [7, 11) is 1.74. The SMILES string of the molecule is CCN(C)C(=O)CNCCNC(N)=O. The molecule has 82 valence electrons. The third kappa shape index (κ3) is 6.24. The Morgan fingerprint density at radius 1 is 1.36 bits per heavy atom. The normalized spacial score (nSPS) is 9.57. The van der Waals surface area contributed by atoms with Gasteiger partial charge in [-0.3, -0.25) is 4.79 Å². The molecule has 0 radical (unpaired) electrons. The highest BCUT2D eigenvalue weighted by molar-refractivity contribution is 5.77. The van der Waals surface area contributed by atoms with Gasteiger partial charge in [0.05, 0.1) is 6.54 Å². The van der Waals surface area contributed by atoms with Crippen LogP contribution in [0.5, 0.6) is 0 Å². The summed E-state index contributed by atoms with van der Waals surface area (Å²) in [6.07, 6.45) is 0. The average molecular weight is 202 g/mol. The molecule has 0 aromatic heterocycles. The highest BCUT2D eigenvalue weighted by Crippen LogP contribution is 1.80. The fraction of sp³-hybridized carbons (Fsp3) is 0.750. The van der Waals surface area contributed by atoms with Gasteiger partial charge in [-0.1, -0.05) is 0 Å². The number of nitrogens with zero attached hydrogens (tertiary/aromatic N) is 1. The van der Waals surface area contributed by atoms with Gasteiger partial charge in [0.2, 0.25) is 5.91 Å². The van der Waals surface area contributed by atoms with Crippen LogP contribution in [0, 0.1) is 0 Å². The Hall–Kier alpha value is -1.30.